The highest BCUT2D eigenvalue weighted by molar-refractivity contribution is 6.05. The van der Waals surface area contributed by atoms with E-state index in [0.29, 0.717) is 30.6 Å². The molecule has 3 fully saturated rings. The fourth-order valence-electron chi connectivity index (χ4n) is 7.94. The predicted molar refractivity (Wildman–Crippen MR) is 176 cm³/mol. The van der Waals surface area contributed by atoms with E-state index in [1.165, 1.54) is 4.90 Å². The van der Waals surface area contributed by atoms with Crippen LogP contribution in [0.4, 0.5) is 11.4 Å². The van der Waals surface area contributed by atoms with Crippen LogP contribution >= 0.6 is 0 Å². The maximum atomic E-state index is 15.0. The molecule has 2 bridgehead atoms. The molecule has 0 aromatic heterocycles. The van der Waals surface area contributed by atoms with Gasteiger partial charge in [0.05, 0.1) is 30.1 Å². The van der Waals surface area contributed by atoms with Crippen molar-refractivity contribution in [2.24, 2.45) is 11.8 Å². The number of carbonyl (C=O) groups is 3. The van der Waals surface area contributed by atoms with Crippen LogP contribution in [0.5, 0.6) is 0 Å². The Bertz CT molecular complexity index is 1430. The molecule has 3 saturated heterocycles. The number of carbonyl (C=O) groups excluding carboxylic acids is 3. The average molecular weight is 615 g/mol. The van der Waals surface area contributed by atoms with Crippen LogP contribution < -0.4 is 9.80 Å². The Morgan fingerprint density at radius 1 is 1.00 bits per heavy atom. The van der Waals surface area contributed by atoms with Crippen LogP contribution in [0.1, 0.15) is 45.2 Å². The molecule has 1 N–H and O–H groups in total. The number of fused-ring (bicyclic) bond motifs is 1. The fourth-order valence-corrected chi connectivity index (χ4v) is 7.94. The Hall–Kier alpha value is -3.95. The van der Waals surface area contributed by atoms with Crippen LogP contribution in [-0.2, 0) is 19.1 Å². The molecule has 2 unspecified atom stereocenters. The van der Waals surface area contributed by atoms with Crippen molar-refractivity contribution in [2.45, 2.75) is 56.9 Å². The quantitative estimate of drug-likeness (QED) is 0.340. The first-order valence-corrected chi connectivity index (χ1v) is 15.9. The number of benzene rings is 2. The molecule has 9 heteroatoms. The van der Waals surface area contributed by atoms with Gasteiger partial charge in [-0.25, -0.2) is 0 Å². The van der Waals surface area contributed by atoms with E-state index >= 15 is 4.79 Å². The Balaban J connectivity index is 1.63. The number of anilines is 2. The van der Waals surface area contributed by atoms with Crippen molar-refractivity contribution in [2.75, 3.05) is 49.6 Å². The summed E-state index contributed by atoms with van der Waals surface area (Å²) in [7, 11) is 1.69. The number of hydrogen-bond acceptors (Lipinski definition) is 6. The largest absolute Gasteiger partial charge is 0.394 e. The van der Waals surface area contributed by atoms with E-state index in [-0.39, 0.29) is 24.3 Å². The first-order valence-electron chi connectivity index (χ1n) is 15.9. The summed E-state index contributed by atoms with van der Waals surface area (Å²) in [5, 5.41) is 10.8. The molecule has 3 heterocycles. The highest BCUT2D eigenvalue weighted by Crippen LogP contribution is 2.64. The maximum absolute atomic E-state index is 15.0. The lowest BCUT2D eigenvalue weighted by Crippen LogP contribution is -2.57. The number of rotatable bonds is 13. The van der Waals surface area contributed by atoms with E-state index in [0.717, 1.165) is 18.8 Å². The van der Waals surface area contributed by atoms with Gasteiger partial charge in [-0.3, -0.25) is 14.4 Å². The molecule has 0 saturated carbocycles. The summed E-state index contributed by atoms with van der Waals surface area (Å²) in [5.41, 5.74) is 0.273. The maximum Gasteiger partial charge on any atom is 0.253 e. The second kappa shape index (κ2) is 12.8. The van der Waals surface area contributed by atoms with E-state index in [2.05, 4.69) is 31.9 Å². The summed E-state index contributed by atoms with van der Waals surface area (Å²) >= 11 is 0. The lowest BCUT2D eigenvalue weighted by molar-refractivity contribution is -0.151. The minimum Gasteiger partial charge on any atom is -0.394 e. The highest BCUT2D eigenvalue weighted by atomic mass is 16.5. The standard InChI is InChI=1S/C36H46N4O5/c1-7-22-37(6)32(42)29-30-33(43)40(28(24-41)25-14-12-11-13-15-25)31(36(30)21-20-35(29,5)45-36)34(44)39(23-8-2)27-18-16-26(17-19-27)38(9-3)10-4/h7-8,11-19,28-31,41H,1-2,9-10,20-24H2,3-6H3/t28-,29+,30+,31?,35-,36?/m1/s1. The Kier molecular flexibility index (Phi) is 9.23. The number of likely N-dealkylation sites (N-methyl/N-ethyl adjacent to an activating group) is 1. The molecule has 1 spiro atoms. The zero-order valence-electron chi connectivity index (χ0n) is 26.9. The molecule has 2 aromatic carbocycles. The summed E-state index contributed by atoms with van der Waals surface area (Å²) in [6, 6.07) is 15.2. The molecular formula is C36H46N4O5. The Morgan fingerprint density at radius 3 is 2.20 bits per heavy atom. The van der Waals surface area contributed by atoms with Crippen molar-refractivity contribution in [1.29, 1.82) is 0 Å². The number of nitrogens with zero attached hydrogens (tertiary/aromatic N) is 4. The van der Waals surface area contributed by atoms with Crippen molar-refractivity contribution >= 4 is 29.1 Å². The van der Waals surface area contributed by atoms with E-state index in [1.54, 1.807) is 29.0 Å². The van der Waals surface area contributed by atoms with Crippen LogP contribution in [-0.4, -0.2) is 89.7 Å². The lowest BCUT2D eigenvalue weighted by Gasteiger charge is -2.39. The zero-order valence-corrected chi connectivity index (χ0v) is 26.9. The Labute approximate surface area is 266 Å². The van der Waals surface area contributed by atoms with Gasteiger partial charge in [-0.2, -0.15) is 0 Å². The average Bonchev–Trinajstić information content (AvgIpc) is 3.62. The summed E-state index contributed by atoms with van der Waals surface area (Å²) in [6.07, 6.45) is 4.28. The van der Waals surface area contributed by atoms with Gasteiger partial charge in [-0.05, 0) is 63.4 Å². The van der Waals surface area contributed by atoms with Gasteiger partial charge in [0.15, 0.2) is 0 Å². The normalized spacial score (nSPS) is 27.2. The molecule has 3 amide bonds. The van der Waals surface area contributed by atoms with Gasteiger partial charge in [-0.1, -0.05) is 42.5 Å². The van der Waals surface area contributed by atoms with Crippen LogP contribution in [0.2, 0.25) is 0 Å². The SMILES string of the molecule is C=CCN(C)C(=O)[C@@H]1[C@H]2C(=O)N([C@H](CO)c3ccccc3)C(C(=O)N(CC=C)c3ccc(N(CC)CC)cc3)C23CC[C@@]1(C)O3. The molecule has 45 heavy (non-hydrogen) atoms. The number of aliphatic hydroxyl groups is 1. The van der Waals surface area contributed by atoms with Crippen molar-refractivity contribution in [3.63, 3.8) is 0 Å². The van der Waals surface area contributed by atoms with Crippen molar-refractivity contribution in [1.82, 2.24) is 9.80 Å². The number of aliphatic hydroxyl groups excluding tert-OH is 1. The molecule has 0 aliphatic carbocycles. The van der Waals surface area contributed by atoms with Gasteiger partial charge < -0.3 is 29.4 Å². The molecule has 3 aliphatic heterocycles. The number of amides is 3. The van der Waals surface area contributed by atoms with Crippen LogP contribution in [0.15, 0.2) is 79.9 Å². The minimum absolute atomic E-state index is 0.208. The molecule has 0 radical (unpaired) electrons. The third-order valence-corrected chi connectivity index (χ3v) is 10.1. The van der Waals surface area contributed by atoms with Gasteiger partial charge in [0, 0.05) is 44.6 Å². The summed E-state index contributed by atoms with van der Waals surface area (Å²) in [4.78, 5) is 50.7. The van der Waals surface area contributed by atoms with E-state index in [1.807, 2.05) is 61.5 Å². The van der Waals surface area contributed by atoms with Gasteiger partial charge >= 0.3 is 0 Å². The van der Waals surface area contributed by atoms with Crippen LogP contribution in [0.3, 0.4) is 0 Å². The first kappa shape index (κ1) is 32.4. The van der Waals surface area contributed by atoms with Crippen molar-refractivity contribution in [3.05, 3.63) is 85.5 Å². The molecule has 6 atom stereocenters. The summed E-state index contributed by atoms with van der Waals surface area (Å²) < 4.78 is 6.84. The molecule has 5 rings (SSSR count). The predicted octanol–water partition coefficient (Wildman–Crippen LogP) is 4.19. The molecule has 240 valence electrons. The third kappa shape index (κ3) is 5.25. The van der Waals surface area contributed by atoms with Gasteiger partial charge in [0.2, 0.25) is 11.8 Å². The van der Waals surface area contributed by atoms with Crippen molar-refractivity contribution < 1.29 is 24.2 Å². The lowest BCUT2D eigenvalue weighted by atomic mass is 9.66. The van der Waals surface area contributed by atoms with Crippen molar-refractivity contribution in [3.8, 4) is 0 Å². The van der Waals surface area contributed by atoms with E-state index in [4.69, 9.17) is 4.74 Å². The summed E-state index contributed by atoms with van der Waals surface area (Å²) in [6.45, 7) is 15.6. The summed E-state index contributed by atoms with van der Waals surface area (Å²) in [5.74, 6) is -2.53. The fraction of sp³-hybridized carbons (Fsp3) is 0.472. The topological polar surface area (TPSA) is 93.6 Å². The Morgan fingerprint density at radius 2 is 1.62 bits per heavy atom. The number of likely N-dealkylation sites (tertiary alicyclic amines) is 1. The first-order chi connectivity index (χ1) is 21.6. The molecular weight excluding hydrogens is 568 g/mol. The smallest absolute Gasteiger partial charge is 0.253 e. The van der Waals surface area contributed by atoms with Crippen LogP contribution in [0, 0.1) is 11.8 Å². The van der Waals surface area contributed by atoms with E-state index in [9.17, 15) is 14.7 Å². The van der Waals surface area contributed by atoms with Gasteiger partial charge in [-0.15, -0.1) is 13.2 Å². The second-order valence-corrected chi connectivity index (χ2v) is 12.5. The monoisotopic (exact) mass is 614 g/mol. The molecule has 2 aromatic rings. The second-order valence-electron chi connectivity index (χ2n) is 12.5. The molecule has 9 nitrogen and oxygen atoms in total. The van der Waals surface area contributed by atoms with Gasteiger partial charge in [0.25, 0.3) is 5.91 Å². The third-order valence-electron chi connectivity index (χ3n) is 10.1. The number of ether oxygens (including phenoxy) is 1. The highest BCUT2D eigenvalue weighted by Gasteiger charge is 2.79. The molecule has 3 aliphatic rings. The zero-order chi connectivity index (χ0) is 32.5. The minimum atomic E-state index is -1.24. The number of hydrogen-bond donors (Lipinski definition) is 1. The van der Waals surface area contributed by atoms with E-state index < -0.39 is 41.7 Å². The van der Waals surface area contributed by atoms with Gasteiger partial charge in [0.1, 0.15) is 11.6 Å². The van der Waals surface area contributed by atoms with Crippen LogP contribution in [0.25, 0.3) is 0 Å².